The van der Waals surface area contributed by atoms with Gasteiger partial charge in [-0.2, -0.15) is 0 Å². The maximum absolute atomic E-state index is 4.23. The molecule has 122 valence electrons. The molecule has 23 heavy (non-hydrogen) atoms. The Hall–Kier alpha value is -2.34. The lowest BCUT2D eigenvalue weighted by molar-refractivity contribution is 0.271. The first-order valence-corrected chi connectivity index (χ1v) is 8.12. The van der Waals surface area contributed by atoms with Crippen molar-refractivity contribution in [1.29, 1.82) is 0 Å². The topological polar surface area (TPSA) is 56.3 Å². The van der Waals surface area contributed by atoms with Crippen LogP contribution in [0.25, 0.3) is 0 Å². The Balaban J connectivity index is 1.63. The van der Waals surface area contributed by atoms with Gasteiger partial charge in [-0.3, -0.25) is 0 Å². The highest BCUT2D eigenvalue weighted by molar-refractivity contribution is 5.62. The van der Waals surface area contributed by atoms with Crippen LogP contribution in [0.3, 0.4) is 0 Å². The van der Waals surface area contributed by atoms with E-state index in [1.807, 2.05) is 13.1 Å². The molecule has 0 amide bonds. The van der Waals surface area contributed by atoms with Gasteiger partial charge in [-0.25, -0.2) is 9.97 Å². The zero-order chi connectivity index (χ0) is 16.1. The lowest BCUT2D eigenvalue weighted by atomic mass is 10.2. The summed E-state index contributed by atoms with van der Waals surface area (Å²) in [6.07, 6.45) is 1.55. The van der Waals surface area contributed by atoms with E-state index in [-0.39, 0.29) is 0 Å². The number of likely N-dealkylation sites (N-methyl/N-ethyl adjacent to an activating group) is 1. The summed E-state index contributed by atoms with van der Waals surface area (Å²) >= 11 is 0. The maximum atomic E-state index is 4.23. The van der Waals surface area contributed by atoms with E-state index < -0.39 is 0 Å². The van der Waals surface area contributed by atoms with Crippen molar-refractivity contribution in [2.24, 2.45) is 0 Å². The van der Waals surface area contributed by atoms with Crippen LogP contribution in [-0.4, -0.2) is 54.6 Å². The molecule has 1 saturated heterocycles. The lowest BCUT2D eigenvalue weighted by Gasteiger charge is -2.35. The summed E-state index contributed by atoms with van der Waals surface area (Å²) in [4.78, 5) is 13.3. The van der Waals surface area contributed by atoms with Crippen molar-refractivity contribution in [3.63, 3.8) is 0 Å². The van der Waals surface area contributed by atoms with E-state index in [2.05, 4.69) is 61.6 Å². The fourth-order valence-corrected chi connectivity index (χ4v) is 2.79. The largest absolute Gasteiger partial charge is 0.373 e. The zero-order valence-corrected chi connectivity index (χ0v) is 13.8. The van der Waals surface area contributed by atoms with Crippen molar-refractivity contribution in [2.75, 3.05) is 55.3 Å². The third kappa shape index (κ3) is 3.90. The van der Waals surface area contributed by atoms with Gasteiger partial charge in [0, 0.05) is 50.7 Å². The Morgan fingerprint density at radius 1 is 1.00 bits per heavy atom. The minimum Gasteiger partial charge on any atom is -0.373 e. The molecular weight excluding hydrogens is 288 g/mol. The van der Waals surface area contributed by atoms with Gasteiger partial charge in [0.05, 0.1) is 0 Å². The molecule has 0 saturated carbocycles. The van der Waals surface area contributed by atoms with Crippen LogP contribution in [-0.2, 0) is 0 Å². The SMILES string of the molecule is CCN1CCN(c2ccc(Nc3cc(NC)ncn3)cc2)CC1. The Morgan fingerprint density at radius 2 is 1.70 bits per heavy atom. The number of piperazine rings is 1. The number of benzene rings is 1. The van der Waals surface area contributed by atoms with Crippen LogP contribution in [0.4, 0.5) is 23.0 Å². The van der Waals surface area contributed by atoms with Crippen LogP contribution in [0, 0.1) is 0 Å². The van der Waals surface area contributed by atoms with Crippen molar-refractivity contribution < 1.29 is 0 Å². The van der Waals surface area contributed by atoms with Crippen molar-refractivity contribution in [3.05, 3.63) is 36.7 Å². The number of nitrogens with zero attached hydrogens (tertiary/aromatic N) is 4. The maximum Gasteiger partial charge on any atom is 0.135 e. The third-order valence-electron chi connectivity index (χ3n) is 4.25. The van der Waals surface area contributed by atoms with Gasteiger partial charge in [-0.15, -0.1) is 0 Å². The van der Waals surface area contributed by atoms with E-state index >= 15 is 0 Å². The van der Waals surface area contributed by atoms with Gasteiger partial charge in [0.2, 0.25) is 0 Å². The van der Waals surface area contributed by atoms with Crippen molar-refractivity contribution in [2.45, 2.75) is 6.92 Å². The predicted molar refractivity (Wildman–Crippen MR) is 95.6 cm³/mol. The molecule has 0 aliphatic carbocycles. The Bertz CT molecular complexity index is 619. The molecule has 2 heterocycles. The average Bonchev–Trinajstić information content (AvgIpc) is 2.63. The van der Waals surface area contributed by atoms with Crippen LogP contribution in [0.1, 0.15) is 6.92 Å². The minimum absolute atomic E-state index is 0.786. The van der Waals surface area contributed by atoms with Crippen LogP contribution in [0.2, 0.25) is 0 Å². The molecule has 6 nitrogen and oxygen atoms in total. The number of hydrogen-bond donors (Lipinski definition) is 2. The summed E-state index contributed by atoms with van der Waals surface area (Å²) in [6.45, 7) is 7.84. The third-order valence-corrected chi connectivity index (χ3v) is 4.25. The molecule has 1 aromatic heterocycles. The Kier molecular flexibility index (Phi) is 4.92. The van der Waals surface area contributed by atoms with Gasteiger partial charge in [0.25, 0.3) is 0 Å². The van der Waals surface area contributed by atoms with Gasteiger partial charge < -0.3 is 20.4 Å². The average molecular weight is 312 g/mol. The van der Waals surface area contributed by atoms with E-state index in [1.54, 1.807) is 6.33 Å². The Labute approximate surface area is 137 Å². The fraction of sp³-hybridized carbons (Fsp3) is 0.412. The molecule has 0 spiro atoms. The predicted octanol–water partition coefficient (Wildman–Crippen LogP) is 2.40. The monoisotopic (exact) mass is 312 g/mol. The second-order valence-electron chi connectivity index (χ2n) is 5.63. The normalized spacial score (nSPS) is 15.5. The summed E-state index contributed by atoms with van der Waals surface area (Å²) in [5.74, 6) is 1.58. The molecular formula is C17H24N6. The van der Waals surface area contributed by atoms with Crippen molar-refractivity contribution >= 4 is 23.0 Å². The summed E-state index contributed by atoms with van der Waals surface area (Å²) in [7, 11) is 1.85. The number of rotatable bonds is 5. The molecule has 6 heteroatoms. The van der Waals surface area contributed by atoms with Crippen LogP contribution >= 0.6 is 0 Å². The molecule has 0 unspecified atom stereocenters. The van der Waals surface area contributed by atoms with E-state index in [0.717, 1.165) is 50.0 Å². The minimum atomic E-state index is 0.786. The van der Waals surface area contributed by atoms with Crippen molar-refractivity contribution in [1.82, 2.24) is 14.9 Å². The molecule has 1 fully saturated rings. The standard InChI is InChI=1S/C17H24N6/c1-3-22-8-10-23(11-9-22)15-6-4-14(5-7-15)21-17-12-16(18-2)19-13-20-17/h4-7,12-13H,3,8-11H2,1-2H3,(H2,18,19,20,21). The Morgan fingerprint density at radius 3 is 2.35 bits per heavy atom. The van der Waals surface area contributed by atoms with E-state index in [0.29, 0.717) is 0 Å². The summed E-state index contributed by atoms with van der Waals surface area (Å²) in [5.41, 5.74) is 2.31. The summed E-state index contributed by atoms with van der Waals surface area (Å²) in [5, 5.41) is 6.32. The highest BCUT2D eigenvalue weighted by Gasteiger charge is 2.15. The van der Waals surface area contributed by atoms with Crippen LogP contribution in [0.15, 0.2) is 36.7 Å². The van der Waals surface area contributed by atoms with Crippen LogP contribution in [0.5, 0.6) is 0 Å². The smallest absolute Gasteiger partial charge is 0.135 e. The van der Waals surface area contributed by atoms with Gasteiger partial charge in [0.15, 0.2) is 0 Å². The zero-order valence-electron chi connectivity index (χ0n) is 13.8. The van der Waals surface area contributed by atoms with Gasteiger partial charge in [-0.05, 0) is 30.8 Å². The molecule has 3 rings (SSSR count). The molecule has 0 radical (unpaired) electrons. The van der Waals surface area contributed by atoms with E-state index in [1.165, 1.54) is 5.69 Å². The highest BCUT2D eigenvalue weighted by Crippen LogP contribution is 2.22. The van der Waals surface area contributed by atoms with Gasteiger partial charge >= 0.3 is 0 Å². The molecule has 1 aliphatic heterocycles. The van der Waals surface area contributed by atoms with Crippen molar-refractivity contribution in [3.8, 4) is 0 Å². The van der Waals surface area contributed by atoms with Gasteiger partial charge in [0.1, 0.15) is 18.0 Å². The fourth-order valence-electron chi connectivity index (χ4n) is 2.79. The second kappa shape index (κ2) is 7.28. The van der Waals surface area contributed by atoms with Crippen LogP contribution < -0.4 is 15.5 Å². The number of hydrogen-bond acceptors (Lipinski definition) is 6. The lowest BCUT2D eigenvalue weighted by Crippen LogP contribution is -2.46. The number of aromatic nitrogens is 2. The number of nitrogens with one attached hydrogen (secondary N) is 2. The van der Waals surface area contributed by atoms with Gasteiger partial charge in [-0.1, -0.05) is 6.92 Å². The molecule has 1 aliphatic rings. The molecule has 1 aromatic carbocycles. The molecule has 2 aromatic rings. The molecule has 0 atom stereocenters. The summed E-state index contributed by atoms with van der Waals surface area (Å²) < 4.78 is 0. The van der Waals surface area contributed by atoms with E-state index in [4.69, 9.17) is 0 Å². The first kappa shape index (κ1) is 15.6. The summed E-state index contributed by atoms with van der Waals surface area (Å²) in [6, 6.07) is 10.4. The molecule has 0 bridgehead atoms. The first-order valence-electron chi connectivity index (χ1n) is 8.12. The highest BCUT2D eigenvalue weighted by atomic mass is 15.3. The quantitative estimate of drug-likeness (QED) is 0.884. The number of anilines is 4. The first-order chi connectivity index (χ1) is 11.3. The second-order valence-corrected chi connectivity index (χ2v) is 5.63. The van der Waals surface area contributed by atoms with E-state index in [9.17, 15) is 0 Å². The molecule has 2 N–H and O–H groups in total.